The number of fused-ring (bicyclic) bond motifs is 2. The predicted octanol–water partition coefficient (Wildman–Crippen LogP) is 2.52. The number of nitrogens with one attached hydrogen (secondary N) is 3. The molecular weight excluding hydrogens is 410 g/mol. The van der Waals surface area contributed by atoms with Gasteiger partial charge in [0, 0.05) is 47.1 Å². The predicted molar refractivity (Wildman–Crippen MR) is 124 cm³/mol. The lowest BCUT2D eigenvalue weighted by molar-refractivity contribution is -0.109. The zero-order chi connectivity index (χ0) is 21.5. The second kappa shape index (κ2) is 8.11. The van der Waals surface area contributed by atoms with E-state index in [0.717, 1.165) is 29.8 Å². The van der Waals surface area contributed by atoms with Gasteiger partial charge >= 0.3 is 0 Å². The largest absolute Gasteiger partial charge is 0.481 e. The van der Waals surface area contributed by atoms with Gasteiger partial charge in [0.05, 0.1) is 13.2 Å². The van der Waals surface area contributed by atoms with Crippen molar-refractivity contribution in [1.29, 1.82) is 0 Å². The van der Waals surface area contributed by atoms with E-state index in [9.17, 15) is 5.11 Å². The minimum atomic E-state index is -0.792. The summed E-state index contributed by atoms with van der Waals surface area (Å²) in [5.41, 5.74) is 9.58. The van der Waals surface area contributed by atoms with Crippen LogP contribution in [-0.2, 0) is 16.8 Å². The lowest BCUT2D eigenvalue weighted by Gasteiger charge is -2.47. The summed E-state index contributed by atoms with van der Waals surface area (Å²) < 4.78 is 9.02. The van der Waals surface area contributed by atoms with E-state index < -0.39 is 5.66 Å². The van der Waals surface area contributed by atoms with Crippen molar-refractivity contribution in [1.82, 2.24) is 10.0 Å². The van der Waals surface area contributed by atoms with Crippen LogP contribution in [0, 0.1) is 18.3 Å². The van der Waals surface area contributed by atoms with Gasteiger partial charge in [-0.2, -0.15) is 0 Å². The van der Waals surface area contributed by atoms with Crippen LogP contribution in [-0.4, -0.2) is 44.0 Å². The minimum absolute atomic E-state index is 0.0688. The molecule has 0 spiro atoms. The highest BCUT2D eigenvalue weighted by Crippen LogP contribution is 2.43. The first-order valence-corrected chi connectivity index (χ1v) is 11.5. The number of anilines is 1. The van der Waals surface area contributed by atoms with Crippen LogP contribution in [0.1, 0.15) is 16.7 Å². The monoisotopic (exact) mass is 439 g/mol. The van der Waals surface area contributed by atoms with E-state index in [0.29, 0.717) is 26.3 Å². The number of aryl methyl sites for hydroxylation is 1. The van der Waals surface area contributed by atoms with Crippen molar-refractivity contribution in [3.63, 3.8) is 0 Å². The van der Waals surface area contributed by atoms with Crippen LogP contribution in [0.2, 0.25) is 0 Å². The number of amidine groups is 1. The Kier molecular flexibility index (Phi) is 5.44. The highest BCUT2D eigenvalue weighted by Gasteiger charge is 2.48. The number of nitrogens with two attached hydrogens (primary N) is 1. The summed E-state index contributed by atoms with van der Waals surface area (Å²) in [5.74, 6) is 0.0734. The number of hydrogen-bond acceptors (Lipinski definition) is 7. The van der Waals surface area contributed by atoms with Gasteiger partial charge in [0.25, 0.3) is 6.02 Å². The maximum Gasteiger partial charge on any atom is 0.288 e. The van der Waals surface area contributed by atoms with E-state index in [4.69, 9.17) is 15.5 Å². The molecule has 1 fully saturated rings. The van der Waals surface area contributed by atoms with Gasteiger partial charge < -0.3 is 20.9 Å². The van der Waals surface area contributed by atoms with Gasteiger partial charge in [-0.3, -0.25) is 10.0 Å². The Hall–Kier alpha value is -2.10. The summed E-state index contributed by atoms with van der Waals surface area (Å²) in [6.07, 6.45) is 0.833. The van der Waals surface area contributed by atoms with E-state index in [1.807, 2.05) is 12.1 Å². The number of aliphatic imine (C=N–C) groups is 1. The molecule has 2 unspecified atom stereocenters. The molecule has 0 radical (unpaired) electrons. The van der Waals surface area contributed by atoms with Crippen molar-refractivity contribution in [2.24, 2.45) is 22.1 Å². The Bertz CT molecular complexity index is 1000. The Balaban J connectivity index is 1.60. The number of nitrogens with zero attached hydrogens (tertiary/aromatic N) is 1. The van der Waals surface area contributed by atoms with Gasteiger partial charge in [-0.1, -0.05) is 35.9 Å². The Labute approximate surface area is 187 Å². The maximum absolute atomic E-state index is 10.6. The molecule has 3 aliphatic rings. The van der Waals surface area contributed by atoms with E-state index in [2.05, 4.69) is 52.6 Å². The number of aliphatic hydroxyl groups excluding tert-OH is 1. The third-order valence-corrected chi connectivity index (χ3v) is 7.57. The van der Waals surface area contributed by atoms with Crippen molar-refractivity contribution in [2.75, 3.05) is 38.2 Å². The number of rotatable bonds is 5. The van der Waals surface area contributed by atoms with Crippen molar-refractivity contribution in [3.8, 4) is 0 Å². The molecule has 1 saturated heterocycles. The van der Waals surface area contributed by atoms with Crippen molar-refractivity contribution in [2.45, 2.75) is 23.9 Å². The lowest BCUT2D eigenvalue weighted by Crippen LogP contribution is -2.61. The summed E-state index contributed by atoms with van der Waals surface area (Å²) in [6, 6.07) is 14.6. The Morgan fingerprint density at radius 3 is 2.90 bits per heavy atom. The molecule has 0 amide bonds. The van der Waals surface area contributed by atoms with Crippen LogP contribution < -0.4 is 21.1 Å². The van der Waals surface area contributed by atoms with Crippen molar-refractivity contribution in [3.05, 3.63) is 59.2 Å². The molecule has 2 aromatic carbocycles. The van der Waals surface area contributed by atoms with Crippen LogP contribution in [0.4, 0.5) is 5.69 Å². The normalized spacial score (nSPS) is 26.5. The first kappa shape index (κ1) is 20.8. The molecular formula is C23H29N5O2S. The zero-order valence-electron chi connectivity index (χ0n) is 17.6. The number of aliphatic hydroxyl groups is 1. The summed E-state index contributed by atoms with van der Waals surface area (Å²) in [7, 11) is 0. The Morgan fingerprint density at radius 1 is 1.29 bits per heavy atom. The van der Waals surface area contributed by atoms with Gasteiger partial charge in [0.1, 0.15) is 5.66 Å². The van der Waals surface area contributed by atoms with Crippen LogP contribution in [0.15, 0.2) is 52.4 Å². The SMILES string of the molecule is Cc1ccc2c(c1)C(NCC1(CN)COC1)(C1CNSc3ccccc3C1)N=C(O)N2. The average molecular weight is 440 g/mol. The summed E-state index contributed by atoms with van der Waals surface area (Å²) in [5, 5.41) is 17.5. The molecule has 5 rings (SSSR count). The quantitative estimate of drug-likeness (QED) is 0.456. The van der Waals surface area contributed by atoms with Gasteiger partial charge in [0.15, 0.2) is 0 Å². The van der Waals surface area contributed by atoms with Gasteiger partial charge in [-0.25, -0.2) is 4.99 Å². The van der Waals surface area contributed by atoms with Gasteiger partial charge in [0.2, 0.25) is 0 Å². The molecule has 2 atom stereocenters. The van der Waals surface area contributed by atoms with Crippen molar-refractivity contribution < 1.29 is 9.84 Å². The van der Waals surface area contributed by atoms with E-state index in [1.54, 1.807) is 11.9 Å². The molecule has 31 heavy (non-hydrogen) atoms. The van der Waals surface area contributed by atoms with Crippen LogP contribution in [0.25, 0.3) is 0 Å². The average Bonchev–Trinajstić information content (AvgIpc) is 2.96. The minimum Gasteiger partial charge on any atom is -0.481 e. The summed E-state index contributed by atoms with van der Waals surface area (Å²) in [6.45, 7) is 5.32. The topological polar surface area (TPSA) is 104 Å². The lowest BCUT2D eigenvalue weighted by atomic mass is 9.78. The highest BCUT2D eigenvalue weighted by molar-refractivity contribution is 7.97. The standard InChI is InChI=1S/C23H29N5O2S/c1-15-6-7-19-18(8-15)23(28-21(29)27-19,25-12-22(11-24)13-30-14-22)17-9-16-4-2-3-5-20(16)31-26-10-17/h2-8,17,25-26H,9-14,24H2,1H3,(H2,27,28,29). The molecule has 164 valence electrons. The molecule has 3 heterocycles. The van der Waals surface area contributed by atoms with Crippen molar-refractivity contribution >= 4 is 23.7 Å². The third-order valence-electron chi connectivity index (χ3n) is 6.64. The number of hydrogen-bond donors (Lipinski definition) is 5. The molecule has 2 aromatic rings. The summed E-state index contributed by atoms with van der Waals surface area (Å²) in [4.78, 5) is 6.08. The van der Waals surface area contributed by atoms with Crippen LogP contribution in [0.3, 0.4) is 0 Å². The molecule has 6 N–H and O–H groups in total. The maximum atomic E-state index is 10.6. The second-order valence-electron chi connectivity index (χ2n) is 8.89. The molecule has 0 aliphatic carbocycles. The fourth-order valence-corrected chi connectivity index (χ4v) is 5.55. The van der Waals surface area contributed by atoms with Gasteiger partial charge in [-0.15, -0.1) is 0 Å². The van der Waals surface area contributed by atoms with Gasteiger partial charge in [-0.05, 0) is 43.0 Å². The first-order valence-electron chi connectivity index (χ1n) is 10.7. The smallest absolute Gasteiger partial charge is 0.288 e. The first-order chi connectivity index (χ1) is 15.0. The highest BCUT2D eigenvalue weighted by atomic mass is 32.2. The van der Waals surface area contributed by atoms with E-state index >= 15 is 0 Å². The molecule has 0 bridgehead atoms. The molecule has 0 aromatic heterocycles. The van der Waals surface area contributed by atoms with Crippen LogP contribution in [0.5, 0.6) is 0 Å². The molecule has 7 nitrogen and oxygen atoms in total. The fourth-order valence-electron chi connectivity index (χ4n) is 4.68. The molecule has 0 saturated carbocycles. The zero-order valence-corrected chi connectivity index (χ0v) is 18.5. The fraction of sp³-hybridized carbons (Fsp3) is 0.435. The molecule has 3 aliphatic heterocycles. The van der Waals surface area contributed by atoms with Crippen LogP contribution >= 0.6 is 11.9 Å². The second-order valence-corrected chi connectivity index (χ2v) is 9.82. The Morgan fingerprint density at radius 2 is 2.13 bits per heavy atom. The number of ether oxygens (including phenoxy) is 1. The summed E-state index contributed by atoms with van der Waals surface area (Å²) >= 11 is 1.66. The van der Waals surface area contributed by atoms with E-state index in [-0.39, 0.29) is 17.4 Å². The number of benzene rings is 2. The molecule has 8 heteroatoms. The van der Waals surface area contributed by atoms with E-state index in [1.165, 1.54) is 10.5 Å². The third kappa shape index (κ3) is 3.72.